The molecule has 0 bridgehead atoms. The van der Waals surface area contributed by atoms with Crippen molar-refractivity contribution in [3.05, 3.63) is 52.7 Å². The Balaban J connectivity index is 2.12. The van der Waals surface area contributed by atoms with Crippen molar-refractivity contribution in [1.82, 2.24) is 15.2 Å². The van der Waals surface area contributed by atoms with E-state index in [-0.39, 0.29) is 4.91 Å². The number of aliphatic carboxylic acids is 1. The summed E-state index contributed by atoms with van der Waals surface area (Å²) in [7, 11) is 1.55. The van der Waals surface area contributed by atoms with Gasteiger partial charge in [-0.25, -0.2) is 4.98 Å². The van der Waals surface area contributed by atoms with E-state index < -0.39 is 5.97 Å². The minimum atomic E-state index is -1.29. The van der Waals surface area contributed by atoms with E-state index in [0.717, 1.165) is 22.5 Å². The number of nitrogens with zero attached hydrogens (tertiary/aromatic N) is 2. The number of aromatic amines is 1. The minimum absolute atomic E-state index is 0.00338. The van der Waals surface area contributed by atoms with Crippen molar-refractivity contribution in [2.75, 3.05) is 7.11 Å². The number of aromatic nitrogens is 3. The lowest BCUT2D eigenvalue weighted by Crippen LogP contribution is -2.23. The molecule has 24 heavy (non-hydrogen) atoms. The van der Waals surface area contributed by atoms with E-state index in [2.05, 4.69) is 15.2 Å². The van der Waals surface area contributed by atoms with Crippen LogP contribution in [-0.2, 0) is 4.79 Å². The lowest BCUT2D eigenvalue weighted by Gasteiger charge is -2.11. The summed E-state index contributed by atoms with van der Waals surface area (Å²) < 4.78 is 5.38. The monoisotopic (exact) mass is 340 g/mol. The van der Waals surface area contributed by atoms with Crippen LogP contribution in [0.25, 0.3) is 16.8 Å². The largest absolute Gasteiger partial charge is 0.544 e. The van der Waals surface area contributed by atoms with Gasteiger partial charge in [0.2, 0.25) is 5.16 Å². The fraction of sp³-hybridized carbons (Fsp3) is 0.118. The first-order chi connectivity index (χ1) is 11.6. The van der Waals surface area contributed by atoms with Crippen molar-refractivity contribution in [2.24, 2.45) is 0 Å². The molecule has 0 fully saturated rings. The number of rotatable bonds is 5. The van der Waals surface area contributed by atoms with Crippen molar-refractivity contribution in [3.8, 4) is 5.75 Å². The molecule has 0 saturated heterocycles. The molecule has 1 heterocycles. The number of thioether (sulfide) groups is 1. The molecule has 0 amide bonds. The lowest BCUT2D eigenvalue weighted by atomic mass is 10.0. The normalized spacial score (nSPS) is 11.7. The number of benzene rings is 2. The maximum absolute atomic E-state index is 11.5. The number of nitrogens with one attached hydrogen (secondary N) is 1. The van der Waals surface area contributed by atoms with Gasteiger partial charge in [0.05, 0.1) is 13.1 Å². The van der Waals surface area contributed by atoms with Crippen LogP contribution in [0.2, 0.25) is 0 Å². The zero-order valence-electron chi connectivity index (χ0n) is 13.1. The van der Waals surface area contributed by atoms with Gasteiger partial charge < -0.3 is 14.6 Å². The first-order valence-electron chi connectivity index (χ1n) is 7.14. The molecule has 1 N–H and O–H groups in total. The Kier molecular flexibility index (Phi) is 4.52. The fourth-order valence-corrected chi connectivity index (χ4v) is 3.06. The number of fused-ring (bicyclic) bond motifs is 1. The highest BCUT2D eigenvalue weighted by atomic mass is 32.2. The van der Waals surface area contributed by atoms with Gasteiger partial charge >= 0.3 is 0 Å². The molecule has 0 aliphatic heterocycles. The number of carbonyl (C=O) groups is 1. The smallest absolute Gasteiger partial charge is 0.213 e. The van der Waals surface area contributed by atoms with Gasteiger partial charge in [-0.15, -0.1) is 5.10 Å². The molecule has 0 aliphatic carbocycles. The average Bonchev–Trinajstić information content (AvgIpc) is 2.99. The summed E-state index contributed by atoms with van der Waals surface area (Å²) in [6.07, 6.45) is 1.53. The second kappa shape index (κ2) is 6.76. The lowest BCUT2D eigenvalue weighted by molar-refractivity contribution is -0.297. The first kappa shape index (κ1) is 16.1. The highest BCUT2D eigenvalue weighted by Gasteiger charge is 2.11. The summed E-state index contributed by atoms with van der Waals surface area (Å²) in [6.45, 7) is 1.74. The van der Waals surface area contributed by atoms with Gasteiger partial charge in [-0.3, -0.25) is 5.10 Å². The highest BCUT2D eigenvalue weighted by molar-refractivity contribution is 8.04. The van der Waals surface area contributed by atoms with Crippen LogP contribution >= 0.6 is 11.8 Å². The molecule has 0 unspecified atom stereocenters. The SMILES string of the molecule is COc1ccc2ccccc2c1/C=C(\Sc1n[nH]c(C)n1)C(=O)[O-]. The minimum Gasteiger partial charge on any atom is -0.544 e. The third kappa shape index (κ3) is 3.26. The summed E-state index contributed by atoms with van der Waals surface area (Å²) in [5, 5.41) is 20.4. The van der Waals surface area contributed by atoms with Crippen molar-refractivity contribution >= 4 is 34.6 Å². The quantitative estimate of drug-likeness (QED) is 0.565. The van der Waals surface area contributed by atoms with Crippen molar-refractivity contribution in [2.45, 2.75) is 12.1 Å². The van der Waals surface area contributed by atoms with E-state index in [9.17, 15) is 9.90 Å². The predicted octanol–water partition coefficient (Wildman–Crippen LogP) is 2.16. The van der Waals surface area contributed by atoms with Gasteiger partial charge in [0.1, 0.15) is 11.6 Å². The molecule has 0 aliphatic rings. The second-order valence-corrected chi connectivity index (χ2v) is 6.01. The molecule has 0 radical (unpaired) electrons. The van der Waals surface area contributed by atoms with Crippen LogP contribution in [0.4, 0.5) is 0 Å². The number of hydrogen-bond donors (Lipinski definition) is 1. The van der Waals surface area contributed by atoms with E-state index in [0.29, 0.717) is 22.3 Å². The Hall–Kier alpha value is -2.80. The Morgan fingerprint density at radius 1 is 1.29 bits per heavy atom. The molecule has 6 nitrogen and oxygen atoms in total. The van der Waals surface area contributed by atoms with E-state index >= 15 is 0 Å². The molecule has 2 aromatic carbocycles. The van der Waals surface area contributed by atoms with Crippen LogP contribution < -0.4 is 9.84 Å². The number of H-pyrrole nitrogens is 1. The number of ether oxygens (including phenoxy) is 1. The van der Waals surface area contributed by atoms with Gasteiger partial charge in [-0.05, 0) is 41.6 Å². The zero-order chi connectivity index (χ0) is 17.1. The van der Waals surface area contributed by atoms with Crippen LogP contribution in [0, 0.1) is 6.92 Å². The number of hydrogen-bond acceptors (Lipinski definition) is 6. The van der Waals surface area contributed by atoms with Gasteiger partial charge in [-0.2, -0.15) is 0 Å². The number of carboxylic acid groups (broad SMARTS) is 1. The van der Waals surface area contributed by atoms with E-state index in [4.69, 9.17) is 4.74 Å². The van der Waals surface area contributed by atoms with Crippen molar-refractivity contribution in [3.63, 3.8) is 0 Å². The average molecular weight is 340 g/mol. The zero-order valence-corrected chi connectivity index (χ0v) is 13.9. The standard InChI is InChI=1S/C17H15N3O3S/c1-10-18-17(20-19-10)24-15(16(21)22)9-13-12-6-4-3-5-11(12)7-8-14(13)23-2/h3-9H,1-2H3,(H,21,22)(H,18,19,20)/p-1/b15-9-. The summed E-state index contributed by atoms with van der Waals surface area (Å²) in [5.74, 6) is -0.102. The second-order valence-electron chi connectivity index (χ2n) is 5.00. The summed E-state index contributed by atoms with van der Waals surface area (Å²) in [5.41, 5.74) is 0.676. The van der Waals surface area contributed by atoms with Crippen LogP contribution in [-0.4, -0.2) is 28.3 Å². The molecule has 3 rings (SSSR count). The van der Waals surface area contributed by atoms with Gasteiger partial charge in [-0.1, -0.05) is 30.3 Å². The number of carbonyl (C=O) groups excluding carboxylic acids is 1. The van der Waals surface area contributed by atoms with E-state index in [1.165, 1.54) is 6.08 Å². The molecule has 3 aromatic rings. The summed E-state index contributed by atoms with van der Waals surface area (Å²) in [4.78, 5) is 15.7. The molecule has 0 atom stereocenters. The first-order valence-corrected chi connectivity index (χ1v) is 7.96. The molecule has 1 aromatic heterocycles. The Labute approximate surface area is 142 Å². The van der Waals surface area contributed by atoms with Crippen LogP contribution in [0.15, 0.2) is 46.5 Å². The third-order valence-corrected chi connectivity index (χ3v) is 4.27. The Morgan fingerprint density at radius 3 is 2.75 bits per heavy atom. The summed E-state index contributed by atoms with van der Waals surface area (Å²) >= 11 is 0.930. The molecule has 0 spiro atoms. The van der Waals surface area contributed by atoms with Gasteiger partial charge in [0.15, 0.2) is 0 Å². The van der Waals surface area contributed by atoms with Crippen molar-refractivity contribution in [1.29, 1.82) is 0 Å². The molecule has 7 heteroatoms. The van der Waals surface area contributed by atoms with Crippen LogP contribution in [0.1, 0.15) is 11.4 Å². The van der Waals surface area contributed by atoms with E-state index in [1.807, 2.05) is 36.4 Å². The fourth-order valence-electron chi connectivity index (χ4n) is 2.33. The highest BCUT2D eigenvalue weighted by Crippen LogP contribution is 2.33. The van der Waals surface area contributed by atoms with Gasteiger partial charge in [0, 0.05) is 10.5 Å². The van der Waals surface area contributed by atoms with Crippen molar-refractivity contribution < 1.29 is 14.6 Å². The maximum Gasteiger partial charge on any atom is 0.213 e. The number of methoxy groups -OCH3 is 1. The maximum atomic E-state index is 11.5. The number of aryl methyl sites for hydroxylation is 1. The van der Waals surface area contributed by atoms with Crippen LogP contribution in [0.3, 0.4) is 0 Å². The van der Waals surface area contributed by atoms with Gasteiger partial charge in [0.25, 0.3) is 0 Å². The Morgan fingerprint density at radius 2 is 2.08 bits per heavy atom. The summed E-state index contributed by atoms with van der Waals surface area (Å²) in [6, 6.07) is 11.4. The molecular formula is C17H14N3O3S-. The number of carboxylic acids is 1. The Bertz CT molecular complexity index is 934. The molecule has 122 valence electrons. The third-order valence-electron chi connectivity index (χ3n) is 3.41. The topological polar surface area (TPSA) is 90.9 Å². The van der Waals surface area contributed by atoms with Crippen LogP contribution in [0.5, 0.6) is 5.75 Å². The predicted molar refractivity (Wildman–Crippen MR) is 90.5 cm³/mol. The van der Waals surface area contributed by atoms with E-state index in [1.54, 1.807) is 14.0 Å². The molecule has 0 saturated carbocycles. The molecular weight excluding hydrogens is 326 g/mol.